The van der Waals surface area contributed by atoms with Crippen LogP contribution in [0.5, 0.6) is 11.5 Å². The van der Waals surface area contributed by atoms with Gasteiger partial charge < -0.3 is 18.6 Å². The van der Waals surface area contributed by atoms with Gasteiger partial charge in [-0.05, 0) is 49.7 Å². The van der Waals surface area contributed by atoms with Crippen molar-refractivity contribution in [3.05, 3.63) is 107 Å². The Morgan fingerprint density at radius 2 is 1.88 bits per heavy atom. The normalized spacial score (nSPS) is 14.6. The zero-order valence-corrected chi connectivity index (χ0v) is 23.2. The molecule has 2 aromatic carbocycles. The van der Waals surface area contributed by atoms with Gasteiger partial charge in [-0.15, -0.1) is 0 Å². The maximum atomic E-state index is 13.8. The first-order chi connectivity index (χ1) is 19.9. The Bertz CT molecular complexity index is 1850. The van der Waals surface area contributed by atoms with Crippen molar-refractivity contribution in [2.24, 2.45) is 4.99 Å². The number of thiazole rings is 1. The van der Waals surface area contributed by atoms with Crippen molar-refractivity contribution < 1.29 is 28.3 Å². The number of ether oxygens (including phenoxy) is 3. The van der Waals surface area contributed by atoms with Gasteiger partial charge in [0.2, 0.25) is 0 Å². The van der Waals surface area contributed by atoms with Crippen LogP contribution in [0.4, 0.5) is 5.69 Å². The summed E-state index contributed by atoms with van der Waals surface area (Å²) in [4.78, 5) is 42.3. The number of nitro benzene ring substituents is 1. The SMILES string of the molecule is CCOc1ccc([C@@H]2C(C(=O)OC)=CN=c3s/c(=C/c4ccc(-c5ccccc5[N+](=O)[O-])o4)c(=O)n32)cc1OCC. The first kappa shape index (κ1) is 27.6. The van der Waals surface area contributed by atoms with E-state index in [4.69, 9.17) is 18.6 Å². The van der Waals surface area contributed by atoms with Gasteiger partial charge in [-0.1, -0.05) is 29.5 Å². The second-order valence-corrected chi connectivity index (χ2v) is 9.73. The molecule has 41 heavy (non-hydrogen) atoms. The molecule has 12 heteroatoms. The summed E-state index contributed by atoms with van der Waals surface area (Å²) in [5.41, 5.74) is 0.609. The van der Waals surface area contributed by atoms with Crippen molar-refractivity contribution in [3.8, 4) is 22.8 Å². The molecule has 4 aromatic rings. The molecule has 11 nitrogen and oxygen atoms in total. The fourth-order valence-corrected chi connectivity index (χ4v) is 5.48. The lowest BCUT2D eigenvalue weighted by Crippen LogP contribution is -2.39. The van der Waals surface area contributed by atoms with Crippen molar-refractivity contribution in [1.29, 1.82) is 0 Å². The third kappa shape index (κ3) is 5.29. The average Bonchev–Trinajstić information content (AvgIpc) is 3.57. The van der Waals surface area contributed by atoms with E-state index in [-0.39, 0.29) is 11.3 Å². The monoisotopic (exact) mass is 575 g/mol. The molecule has 0 spiro atoms. The smallest absolute Gasteiger partial charge is 0.337 e. The minimum Gasteiger partial charge on any atom is -0.490 e. The molecule has 0 fully saturated rings. The molecule has 0 aliphatic carbocycles. The Labute approximate surface area is 237 Å². The van der Waals surface area contributed by atoms with Crippen molar-refractivity contribution in [2.45, 2.75) is 19.9 Å². The minimum atomic E-state index is -0.838. The predicted molar refractivity (Wildman–Crippen MR) is 151 cm³/mol. The average molecular weight is 576 g/mol. The number of aromatic nitrogens is 1. The molecular formula is C29H25N3O8S. The van der Waals surface area contributed by atoms with E-state index < -0.39 is 22.5 Å². The summed E-state index contributed by atoms with van der Waals surface area (Å²) in [6, 6.07) is 13.9. The van der Waals surface area contributed by atoms with Gasteiger partial charge in [0.05, 0.1) is 47.0 Å². The maximum Gasteiger partial charge on any atom is 0.337 e. The molecular weight excluding hydrogens is 550 g/mol. The zero-order valence-electron chi connectivity index (χ0n) is 22.4. The Kier molecular flexibility index (Phi) is 7.83. The number of fused-ring (bicyclic) bond motifs is 1. The lowest BCUT2D eigenvalue weighted by Gasteiger charge is -2.23. The molecule has 1 aliphatic heterocycles. The number of furan rings is 1. The summed E-state index contributed by atoms with van der Waals surface area (Å²) in [5, 5.41) is 11.5. The molecule has 0 unspecified atom stereocenters. The van der Waals surface area contributed by atoms with Gasteiger partial charge in [0.1, 0.15) is 11.5 Å². The molecule has 0 N–H and O–H groups in total. The lowest BCUT2D eigenvalue weighted by molar-refractivity contribution is -0.384. The Morgan fingerprint density at radius 1 is 1.12 bits per heavy atom. The number of methoxy groups -OCH3 is 1. The van der Waals surface area contributed by atoms with Gasteiger partial charge in [0.25, 0.3) is 11.2 Å². The largest absolute Gasteiger partial charge is 0.490 e. The molecule has 0 amide bonds. The summed E-state index contributed by atoms with van der Waals surface area (Å²) >= 11 is 1.12. The van der Waals surface area contributed by atoms with Crippen molar-refractivity contribution >= 4 is 29.1 Å². The van der Waals surface area contributed by atoms with Crippen LogP contribution in [0, 0.1) is 10.1 Å². The van der Waals surface area contributed by atoms with Crippen LogP contribution in [0.25, 0.3) is 17.4 Å². The van der Waals surface area contributed by atoms with E-state index in [2.05, 4.69) is 4.99 Å². The highest BCUT2D eigenvalue weighted by Crippen LogP contribution is 2.35. The van der Waals surface area contributed by atoms with Gasteiger partial charge in [0, 0.05) is 18.3 Å². The molecule has 0 bridgehead atoms. The van der Waals surface area contributed by atoms with E-state index in [9.17, 15) is 19.7 Å². The van der Waals surface area contributed by atoms with Crippen LogP contribution in [0.15, 0.2) is 80.6 Å². The first-order valence-corrected chi connectivity index (χ1v) is 13.5. The second kappa shape index (κ2) is 11.6. The van der Waals surface area contributed by atoms with Gasteiger partial charge in [-0.2, -0.15) is 0 Å². The van der Waals surface area contributed by atoms with E-state index in [1.165, 1.54) is 23.9 Å². The van der Waals surface area contributed by atoms with E-state index in [1.54, 1.807) is 54.6 Å². The Balaban J connectivity index is 1.61. The van der Waals surface area contributed by atoms with E-state index in [0.717, 1.165) is 11.3 Å². The van der Waals surface area contributed by atoms with Crippen LogP contribution in [0.2, 0.25) is 0 Å². The standard InChI is InChI=1S/C29H25N3O8S/c1-4-38-23-12-10-17(14-24(23)39-5-2)26-20(28(34)37-3)16-30-29-31(26)27(33)25(41-29)15-18-11-13-22(40-18)19-8-6-7-9-21(19)32(35)36/h6-16,26H,4-5H2,1-3H3/b25-15+/t26-/m1/s1. The lowest BCUT2D eigenvalue weighted by atomic mass is 9.97. The summed E-state index contributed by atoms with van der Waals surface area (Å²) < 4.78 is 24.1. The third-order valence-electron chi connectivity index (χ3n) is 6.27. The van der Waals surface area contributed by atoms with E-state index in [0.29, 0.717) is 56.7 Å². The summed E-state index contributed by atoms with van der Waals surface area (Å²) in [7, 11) is 1.26. The molecule has 2 aromatic heterocycles. The van der Waals surface area contributed by atoms with Crippen LogP contribution in [0.3, 0.4) is 0 Å². The van der Waals surface area contributed by atoms with Gasteiger partial charge >= 0.3 is 5.97 Å². The maximum absolute atomic E-state index is 13.8. The number of hydrogen-bond acceptors (Lipinski definition) is 10. The van der Waals surface area contributed by atoms with Crippen LogP contribution < -0.4 is 24.4 Å². The Hall–Kier alpha value is -4.97. The molecule has 210 valence electrons. The summed E-state index contributed by atoms with van der Waals surface area (Å²) in [5.74, 6) is 1.02. The fourth-order valence-electron chi connectivity index (χ4n) is 4.53. The number of nitrogens with zero attached hydrogens (tertiary/aromatic N) is 3. The number of hydrogen-bond donors (Lipinski definition) is 0. The number of esters is 1. The molecule has 3 heterocycles. The number of para-hydroxylation sites is 1. The molecule has 0 saturated heterocycles. The van der Waals surface area contributed by atoms with Crippen LogP contribution >= 0.6 is 11.3 Å². The Morgan fingerprint density at radius 3 is 2.61 bits per heavy atom. The van der Waals surface area contributed by atoms with Crippen LogP contribution in [0.1, 0.15) is 31.2 Å². The van der Waals surface area contributed by atoms with Crippen LogP contribution in [-0.4, -0.2) is 35.8 Å². The van der Waals surface area contributed by atoms with Crippen molar-refractivity contribution in [1.82, 2.24) is 4.57 Å². The van der Waals surface area contributed by atoms with Crippen LogP contribution in [-0.2, 0) is 9.53 Å². The molecule has 1 atom stereocenters. The number of rotatable bonds is 9. The number of carbonyl (C=O) groups excluding carboxylic acids is 1. The number of nitro groups is 1. The first-order valence-electron chi connectivity index (χ1n) is 12.7. The quantitative estimate of drug-likeness (QED) is 0.166. The topological polar surface area (TPSA) is 135 Å². The van der Waals surface area contributed by atoms with Crippen molar-refractivity contribution in [3.63, 3.8) is 0 Å². The molecule has 1 aliphatic rings. The highest BCUT2D eigenvalue weighted by atomic mass is 32.1. The van der Waals surface area contributed by atoms with E-state index in [1.807, 2.05) is 13.8 Å². The molecule has 0 saturated carbocycles. The highest BCUT2D eigenvalue weighted by Gasteiger charge is 2.31. The summed E-state index contributed by atoms with van der Waals surface area (Å²) in [6.07, 6.45) is 2.95. The van der Waals surface area contributed by atoms with Gasteiger partial charge in [0.15, 0.2) is 16.3 Å². The number of carbonyl (C=O) groups is 1. The second-order valence-electron chi connectivity index (χ2n) is 8.72. The minimum absolute atomic E-state index is 0.0927. The van der Waals surface area contributed by atoms with Gasteiger partial charge in [-0.25, -0.2) is 9.79 Å². The molecule has 5 rings (SSSR count). The predicted octanol–water partition coefficient (Wildman–Crippen LogP) is 3.98. The zero-order chi connectivity index (χ0) is 29.1. The summed E-state index contributed by atoms with van der Waals surface area (Å²) in [6.45, 7) is 4.54. The van der Waals surface area contributed by atoms with E-state index >= 15 is 0 Å². The third-order valence-corrected chi connectivity index (χ3v) is 7.27. The fraction of sp³-hybridized carbons (Fsp3) is 0.207. The molecule has 0 radical (unpaired) electrons. The highest BCUT2D eigenvalue weighted by molar-refractivity contribution is 7.07. The number of benzene rings is 2. The van der Waals surface area contributed by atoms with Crippen molar-refractivity contribution in [2.75, 3.05) is 20.3 Å². The van der Waals surface area contributed by atoms with Gasteiger partial charge in [-0.3, -0.25) is 19.5 Å².